The van der Waals surface area contributed by atoms with Crippen LogP contribution in [-0.2, 0) is 9.59 Å². The number of amides is 3. The highest BCUT2D eigenvalue weighted by Crippen LogP contribution is 2.10. The third-order valence-corrected chi connectivity index (χ3v) is 3.15. The Hall–Kier alpha value is -3.35. The molecule has 0 atom stereocenters. The molecule has 0 spiro atoms. The maximum Gasteiger partial charge on any atom is 0.269 e. The van der Waals surface area contributed by atoms with Gasteiger partial charge in [0.25, 0.3) is 11.8 Å². The lowest BCUT2D eigenvalue weighted by molar-refractivity contribution is -0.117. The smallest absolute Gasteiger partial charge is 0.269 e. The molecule has 1 heterocycles. The van der Waals surface area contributed by atoms with Crippen LogP contribution in [-0.4, -0.2) is 17.7 Å². The standard InChI is InChI=1S/C18H19N3O4/c1-2-4-16(22)19-14-8-6-13(7-9-14)18(24)21-20-17(23)11-10-15-5-3-12-25-15/h3,5-12H,2,4H2,1H3,(H,19,22)(H,20,23)(H,21,24)/b11-10-. The van der Waals surface area contributed by atoms with E-state index in [1.807, 2.05) is 6.92 Å². The third kappa shape index (κ3) is 5.98. The van der Waals surface area contributed by atoms with Crippen LogP contribution in [0.4, 0.5) is 5.69 Å². The van der Waals surface area contributed by atoms with Gasteiger partial charge < -0.3 is 9.73 Å². The van der Waals surface area contributed by atoms with Gasteiger partial charge in [-0.15, -0.1) is 0 Å². The van der Waals surface area contributed by atoms with E-state index >= 15 is 0 Å². The highest BCUT2D eigenvalue weighted by Gasteiger charge is 2.07. The van der Waals surface area contributed by atoms with Crippen molar-refractivity contribution in [2.75, 3.05) is 5.32 Å². The zero-order chi connectivity index (χ0) is 18.1. The van der Waals surface area contributed by atoms with Crippen LogP contribution in [0.25, 0.3) is 6.08 Å². The van der Waals surface area contributed by atoms with Gasteiger partial charge in [-0.3, -0.25) is 25.2 Å². The third-order valence-electron chi connectivity index (χ3n) is 3.15. The summed E-state index contributed by atoms with van der Waals surface area (Å²) in [6.45, 7) is 1.92. The van der Waals surface area contributed by atoms with Crippen LogP contribution in [0.2, 0.25) is 0 Å². The molecule has 130 valence electrons. The first-order chi connectivity index (χ1) is 12.1. The molecule has 0 aliphatic rings. The number of carbonyl (C=O) groups is 3. The van der Waals surface area contributed by atoms with Crippen molar-refractivity contribution in [2.45, 2.75) is 19.8 Å². The second kappa shape index (κ2) is 9.07. The number of rotatable bonds is 6. The molecular weight excluding hydrogens is 322 g/mol. The highest BCUT2D eigenvalue weighted by molar-refractivity contribution is 5.98. The molecule has 2 rings (SSSR count). The van der Waals surface area contributed by atoms with Gasteiger partial charge in [0.2, 0.25) is 5.91 Å². The lowest BCUT2D eigenvalue weighted by Crippen LogP contribution is -2.40. The van der Waals surface area contributed by atoms with Crippen LogP contribution < -0.4 is 16.2 Å². The number of hydrogen-bond acceptors (Lipinski definition) is 4. The lowest BCUT2D eigenvalue weighted by atomic mass is 10.2. The molecule has 7 heteroatoms. The minimum atomic E-state index is -0.492. The van der Waals surface area contributed by atoms with Crippen molar-refractivity contribution in [3.8, 4) is 0 Å². The zero-order valence-electron chi connectivity index (χ0n) is 13.7. The molecule has 0 saturated heterocycles. The summed E-state index contributed by atoms with van der Waals surface area (Å²) in [6, 6.07) is 9.77. The van der Waals surface area contributed by atoms with Crippen LogP contribution in [0.3, 0.4) is 0 Å². The maximum atomic E-state index is 12.0. The van der Waals surface area contributed by atoms with Gasteiger partial charge in [-0.05, 0) is 48.9 Å². The number of anilines is 1. The quantitative estimate of drug-likeness (QED) is 0.555. The van der Waals surface area contributed by atoms with Crippen molar-refractivity contribution in [2.24, 2.45) is 0 Å². The average molecular weight is 341 g/mol. The minimum Gasteiger partial charge on any atom is -0.465 e. The van der Waals surface area contributed by atoms with Gasteiger partial charge in [-0.2, -0.15) is 0 Å². The van der Waals surface area contributed by atoms with Gasteiger partial charge in [0.05, 0.1) is 6.26 Å². The van der Waals surface area contributed by atoms with Crippen molar-refractivity contribution in [3.05, 3.63) is 60.1 Å². The van der Waals surface area contributed by atoms with Gasteiger partial charge in [0.1, 0.15) is 5.76 Å². The lowest BCUT2D eigenvalue weighted by Gasteiger charge is -2.07. The predicted molar refractivity (Wildman–Crippen MR) is 93.3 cm³/mol. The summed E-state index contributed by atoms with van der Waals surface area (Å²) >= 11 is 0. The molecule has 1 aromatic heterocycles. The Kier molecular flexibility index (Phi) is 6.53. The number of hydrogen-bond donors (Lipinski definition) is 3. The van der Waals surface area contributed by atoms with Crippen LogP contribution in [0.5, 0.6) is 0 Å². The molecule has 2 aromatic rings. The first kappa shape index (κ1) is 18.0. The Bertz CT molecular complexity index is 749. The first-order valence-corrected chi connectivity index (χ1v) is 7.80. The van der Waals surface area contributed by atoms with Crippen molar-refractivity contribution in [1.29, 1.82) is 0 Å². The number of hydrazine groups is 1. The molecule has 0 unspecified atom stereocenters. The molecule has 3 N–H and O–H groups in total. The van der Waals surface area contributed by atoms with Crippen molar-refractivity contribution in [1.82, 2.24) is 10.9 Å². The fourth-order valence-corrected chi connectivity index (χ4v) is 1.93. The van der Waals surface area contributed by atoms with E-state index in [1.54, 1.807) is 36.4 Å². The summed E-state index contributed by atoms with van der Waals surface area (Å²) in [7, 11) is 0. The van der Waals surface area contributed by atoms with Gasteiger partial charge in [-0.1, -0.05) is 6.92 Å². The molecule has 0 saturated carbocycles. The molecule has 7 nitrogen and oxygen atoms in total. The van der Waals surface area contributed by atoms with Crippen LogP contribution in [0.1, 0.15) is 35.9 Å². The molecular formula is C18H19N3O4. The van der Waals surface area contributed by atoms with Crippen LogP contribution in [0.15, 0.2) is 53.2 Å². The highest BCUT2D eigenvalue weighted by atomic mass is 16.3. The number of furan rings is 1. The topological polar surface area (TPSA) is 100 Å². The summed E-state index contributed by atoms with van der Waals surface area (Å²) in [5, 5.41) is 2.73. The van der Waals surface area contributed by atoms with E-state index in [0.717, 1.165) is 6.42 Å². The Morgan fingerprint density at radius 2 is 1.84 bits per heavy atom. The first-order valence-electron chi connectivity index (χ1n) is 7.80. The zero-order valence-corrected chi connectivity index (χ0v) is 13.7. The monoisotopic (exact) mass is 341 g/mol. The summed E-state index contributed by atoms with van der Waals surface area (Å²) < 4.78 is 5.05. The van der Waals surface area contributed by atoms with Gasteiger partial charge in [-0.25, -0.2) is 0 Å². The van der Waals surface area contributed by atoms with E-state index in [-0.39, 0.29) is 5.91 Å². The molecule has 0 aliphatic carbocycles. The SMILES string of the molecule is CCCC(=O)Nc1ccc(C(=O)NNC(=O)/C=C\c2ccco2)cc1. The normalized spacial score (nSPS) is 10.4. The van der Waals surface area contributed by atoms with E-state index in [1.165, 1.54) is 18.4 Å². The van der Waals surface area contributed by atoms with Gasteiger partial charge in [0, 0.05) is 23.7 Å². The van der Waals surface area contributed by atoms with E-state index in [2.05, 4.69) is 16.2 Å². The Morgan fingerprint density at radius 3 is 2.48 bits per heavy atom. The van der Waals surface area contributed by atoms with Gasteiger partial charge in [0.15, 0.2) is 0 Å². The van der Waals surface area contributed by atoms with Crippen molar-refractivity contribution < 1.29 is 18.8 Å². The average Bonchev–Trinajstić information content (AvgIpc) is 3.12. The molecule has 25 heavy (non-hydrogen) atoms. The second-order valence-electron chi connectivity index (χ2n) is 5.17. The van der Waals surface area contributed by atoms with Crippen LogP contribution >= 0.6 is 0 Å². The van der Waals surface area contributed by atoms with E-state index < -0.39 is 11.8 Å². The number of carbonyl (C=O) groups excluding carboxylic acids is 3. The van der Waals surface area contributed by atoms with E-state index in [9.17, 15) is 14.4 Å². The van der Waals surface area contributed by atoms with Crippen molar-refractivity contribution in [3.63, 3.8) is 0 Å². The molecule has 0 radical (unpaired) electrons. The van der Waals surface area contributed by atoms with Crippen LogP contribution in [0, 0.1) is 0 Å². The number of nitrogens with one attached hydrogen (secondary N) is 3. The van der Waals surface area contributed by atoms with E-state index in [4.69, 9.17) is 4.42 Å². The molecule has 0 bridgehead atoms. The summed E-state index contributed by atoms with van der Waals surface area (Å²) in [5.74, 6) is -0.503. The number of benzene rings is 1. The Morgan fingerprint density at radius 1 is 1.08 bits per heavy atom. The molecule has 3 amide bonds. The Labute approximate surface area is 145 Å². The summed E-state index contributed by atoms with van der Waals surface area (Å²) in [4.78, 5) is 35.1. The van der Waals surface area contributed by atoms with E-state index in [0.29, 0.717) is 23.4 Å². The van der Waals surface area contributed by atoms with Crippen molar-refractivity contribution >= 4 is 29.5 Å². The summed E-state index contributed by atoms with van der Waals surface area (Å²) in [5.41, 5.74) is 5.53. The maximum absolute atomic E-state index is 12.0. The second-order valence-corrected chi connectivity index (χ2v) is 5.17. The molecule has 0 fully saturated rings. The van der Waals surface area contributed by atoms with Gasteiger partial charge >= 0.3 is 0 Å². The molecule has 0 aliphatic heterocycles. The minimum absolute atomic E-state index is 0.0738. The fourth-order valence-electron chi connectivity index (χ4n) is 1.93. The largest absolute Gasteiger partial charge is 0.465 e. The predicted octanol–water partition coefficient (Wildman–Crippen LogP) is 2.49. The fraction of sp³-hybridized carbons (Fsp3) is 0.167. The summed E-state index contributed by atoms with van der Waals surface area (Å²) in [6.07, 6.45) is 5.43. The Balaban J connectivity index is 1.82. The molecule has 1 aromatic carbocycles.